The molecule has 1 rings (SSSR count). The molecule has 1 aromatic rings. The summed E-state index contributed by atoms with van der Waals surface area (Å²) in [4.78, 5) is 25.3. The number of ether oxygens (including phenoxy) is 1. The molecule has 0 atom stereocenters. The van der Waals surface area contributed by atoms with Crippen molar-refractivity contribution in [3.8, 4) is 0 Å². The van der Waals surface area contributed by atoms with Gasteiger partial charge in [0.25, 0.3) is 5.91 Å². The van der Waals surface area contributed by atoms with Crippen LogP contribution in [0.5, 0.6) is 0 Å². The van der Waals surface area contributed by atoms with Crippen molar-refractivity contribution >= 4 is 23.6 Å². The first-order valence-electron chi connectivity index (χ1n) is 6.65. The molecule has 0 radical (unpaired) electrons. The Bertz CT molecular complexity index is 445. The number of benzene rings is 1. The summed E-state index contributed by atoms with van der Waals surface area (Å²) in [7, 11) is 0. The van der Waals surface area contributed by atoms with Gasteiger partial charge >= 0.3 is 5.97 Å². The third-order valence-electron chi connectivity index (χ3n) is 2.81. The maximum atomic E-state index is 12.3. The monoisotopic (exact) mass is 295 g/mol. The molecule has 0 unspecified atom stereocenters. The molecule has 0 aliphatic carbocycles. The molecule has 0 aromatic heterocycles. The number of nitrogens with zero attached hydrogens (tertiary/aromatic N) is 1. The molecule has 0 bridgehead atoms. The third kappa shape index (κ3) is 4.89. The fraction of sp³-hybridized carbons (Fsp3) is 0.467. The predicted molar refractivity (Wildman–Crippen MR) is 81.9 cm³/mol. The van der Waals surface area contributed by atoms with E-state index in [2.05, 4.69) is 0 Å². The lowest BCUT2D eigenvalue weighted by molar-refractivity contribution is -0.143. The van der Waals surface area contributed by atoms with Crippen molar-refractivity contribution in [3.63, 3.8) is 0 Å². The smallest absolute Gasteiger partial charge is 0.325 e. The highest BCUT2D eigenvalue weighted by molar-refractivity contribution is 7.97. The van der Waals surface area contributed by atoms with Crippen LogP contribution in [0, 0.1) is 0 Å². The first-order chi connectivity index (χ1) is 9.62. The average molecular weight is 295 g/mol. The van der Waals surface area contributed by atoms with Crippen LogP contribution in [0.2, 0.25) is 0 Å². The van der Waals surface area contributed by atoms with Gasteiger partial charge in [0.2, 0.25) is 0 Å². The van der Waals surface area contributed by atoms with Crippen LogP contribution in [0.4, 0.5) is 0 Å². The van der Waals surface area contributed by atoms with Crippen molar-refractivity contribution in [2.45, 2.75) is 19.6 Å². The minimum atomic E-state index is -0.373. The molecular weight excluding hydrogens is 274 g/mol. The Labute approximate surface area is 124 Å². The van der Waals surface area contributed by atoms with Crippen LogP contribution in [0.15, 0.2) is 24.3 Å². The van der Waals surface area contributed by atoms with E-state index in [4.69, 9.17) is 4.74 Å². The van der Waals surface area contributed by atoms with Crippen molar-refractivity contribution in [1.29, 1.82) is 0 Å². The summed E-state index contributed by atoms with van der Waals surface area (Å²) in [6.07, 6.45) is 2.04. The van der Waals surface area contributed by atoms with E-state index in [0.29, 0.717) is 18.7 Å². The maximum Gasteiger partial charge on any atom is 0.325 e. The maximum absolute atomic E-state index is 12.3. The SMILES string of the molecule is CCOC(=O)CN(CC)C(=O)c1ccc(CSC)cc1. The number of thioether (sulfide) groups is 1. The molecule has 1 amide bonds. The van der Waals surface area contributed by atoms with Gasteiger partial charge in [-0.3, -0.25) is 9.59 Å². The van der Waals surface area contributed by atoms with Gasteiger partial charge in [-0.1, -0.05) is 12.1 Å². The van der Waals surface area contributed by atoms with E-state index >= 15 is 0 Å². The van der Waals surface area contributed by atoms with Crippen molar-refractivity contribution in [2.75, 3.05) is 26.0 Å². The number of hydrogen-bond acceptors (Lipinski definition) is 4. The van der Waals surface area contributed by atoms with E-state index in [9.17, 15) is 9.59 Å². The Kier molecular flexibility index (Phi) is 7.15. The second-order valence-electron chi connectivity index (χ2n) is 4.25. The lowest BCUT2D eigenvalue weighted by atomic mass is 10.1. The van der Waals surface area contributed by atoms with Gasteiger partial charge in [-0.2, -0.15) is 11.8 Å². The number of amides is 1. The standard InChI is InChI=1S/C15H21NO3S/c1-4-16(10-14(17)19-5-2)15(18)13-8-6-12(7-9-13)11-20-3/h6-9H,4-5,10-11H2,1-3H3. The van der Waals surface area contributed by atoms with Crippen LogP contribution in [0.1, 0.15) is 29.8 Å². The molecule has 0 saturated heterocycles. The van der Waals surface area contributed by atoms with Crippen molar-refractivity contribution in [2.24, 2.45) is 0 Å². The first kappa shape index (κ1) is 16.6. The number of rotatable bonds is 7. The number of likely N-dealkylation sites (N-methyl/N-ethyl adjacent to an activating group) is 1. The summed E-state index contributed by atoms with van der Waals surface area (Å²) in [6.45, 7) is 4.40. The Hall–Kier alpha value is -1.49. The molecule has 110 valence electrons. The van der Waals surface area contributed by atoms with Gasteiger partial charge in [-0.15, -0.1) is 0 Å². The second-order valence-corrected chi connectivity index (χ2v) is 5.12. The highest BCUT2D eigenvalue weighted by Crippen LogP contribution is 2.12. The van der Waals surface area contributed by atoms with Gasteiger partial charge in [0.05, 0.1) is 6.61 Å². The predicted octanol–water partition coefficient (Wildman–Crippen LogP) is 2.57. The summed E-state index contributed by atoms with van der Waals surface area (Å²) in [5.41, 5.74) is 1.78. The molecular formula is C15H21NO3S. The van der Waals surface area contributed by atoms with Crippen LogP contribution in [-0.4, -0.2) is 42.7 Å². The fourth-order valence-corrected chi connectivity index (χ4v) is 2.31. The summed E-state index contributed by atoms with van der Waals surface area (Å²) in [5.74, 6) is 0.410. The number of esters is 1. The van der Waals surface area contributed by atoms with E-state index in [1.807, 2.05) is 37.4 Å². The van der Waals surface area contributed by atoms with Gasteiger partial charge in [0.1, 0.15) is 6.54 Å². The molecule has 0 saturated carbocycles. The molecule has 4 nitrogen and oxygen atoms in total. The van der Waals surface area contributed by atoms with Crippen molar-refractivity contribution in [3.05, 3.63) is 35.4 Å². The van der Waals surface area contributed by atoms with Crippen LogP contribution < -0.4 is 0 Å². The number of hydrogen-bond donors (Lipinski definition) is 0. The van der Waals surface area contributed by atoms with Crippen LogP contribution >= 0.6 is 11.8 Å². The summed E-state index contributed by atoms with van der Waals surface area (Å²) < 4.78 is 4.88. The molecule has 0 N–H and O–H groups in total. The third-order valence-corrected chi connectivity index (χ3v) is 3.43. The molecule has 0 fully saturated rings. The highest BCUT2D eigenvalue weighted by Gasteiger charge is 2.17. The average Bonchev–Trinajstić information content (AvgIpc) is 2.45. The Morgan fingerprint density at radius 3 is 2.35 bits per heavy atom. The van der Waals surface area contributed by atoms with E-state index in [1.165, 1.54) is 10.5 Å². The van der Waals surface area contributed by atoms with Gasteiger partial charge in [-0.25, -0.2) is 0 Å². The molecule has 5 heteroatoms. The Morgan fingerprint density at radius 2 is 1.85 bits per heavy atom. The summed E-state index contributed by atoms with van der Waals surface area (Å²) in [5, 5.41) is 0. The van der Waals surface area contributed by atoms with E-state index in [1.54, 1.807) is 18.7 Å². The molecule has 0 aliphatic rings. The van der Waals surface area contributed by atoms with E-state index in [-0.39, 0.29) is 18.4 Å². The topological polar surface area (TPSA) is 46.6 Å². The number of carbonyl (C=O) groups is 2. The summed E-state index contributed by atoms with van der Waals surface area (Å²) >= 11 is 1.74. The Morgan fingerprint density at radius 1 is 1.20 bits per heavy atom. The zero-order chi connectivity index (χ0) is 15.0. The summed E-state index contributed by atoms with van der Waals surface area (Å²) in [6, 6.07) is 7.51. The highest BCUT2D eigenvalue weighted by atomic mass is 32.2. The molecule has 1 aromatic carbocycles. The molecule has 0 aliphatic heterocycles. The zero-order valence-electron chi connectivity index (χ0n) is 12.2. The van der Waals surface area contributed by atoms with Crippen molar-refractivity contribution < 1.29 is 14.3 Å². The number of carbonyl (C=O) groups excluding carboxylic acids is 2. The van der Waals surface area contributed by atoms with Crippen LogP contribution in [0.3, 0.4) is 0 Å². The largest absolute Gasteiger partial charge is 0.465 e. The fourth-order valence-electron chi connectivity index (χ4n) is 1.78. The zero-order valence-corrected chi connectivity index (χ0v) is 13.0. The minimum Gasteiger partial charge on any atom is -0.465 e. The van der Waals surface area contributed by atoms with Crippen LogP contribution in [0.25, 0.3) is 0 Å². The minimum absolute atomic E-state index is 0.00423. The quantitative estimate of drug-likeness (QED) is 0.725. The second kappa shape index (κ2) is 8.64. The van der Waals surface area contributed by atoms with E-state index < -0.39 is 0 Å². The molecule has 20 heavy (non-hydrogen) atoms. The molecule has 0 spiro atoms. The van der Waals surface area contributed by atoms with Crippen LogP contribution in [-0.2, 0) is 15.3 Å². The first-order valence-corrected chi connectivity index (χ1v) is 8.04. The normalized spacial score (nSPS) is 10.2. The lowest BCUT2D eigenvalue weighted by Gasteiger charge is -2.19. The lowest BCUT2D eigenvalue weighted by Crippen LogP contribution is -2.36. The van der Waals surface area contributed by atoms with Gasteiger partial charge in [0.15, 0.2) is 0 Å². The molecule has 0 heterocycles. The van der Waals surface area contributed by atoms with Gasteiger partial charge in [-0.05, 0) is 37.8 Å². The Balaban J connectivity index is 2.72. The van der Waals surface area contributed by atoms with Crippen molar-refractivity contribution in [1.82, 2.24) is 4.90 Å². The van der Waals surface area contributed by atoms with E-state index in [0.717, 1.165) is 5.75 Å². The van der Waals surface area contributed by atoms with Gasteiger partial charge < -0.3 is 9.64 Å². The van der Waals surface area contributed by atoms with Gasteiger partial charge in [0, 0.05) is 17.9 Å².